The molecule has 2 aromatic rings. The van der Waals surface area contributed by atoms with Crippen LogP contribution in [-0.2, 0) is 0 Å². The molecule has 0 aliphatic rings. The van der Waals surface area contributed by atoms with Crippen LogP contribution in [0.2, 0.25) is 0 Å². The summed E-state index contributed by atoms with van der Waals surface area (Å²) in [6, 6.07) is 15.0. The normalized spacial score (nSPS) is 11.8. The number of hydrogen-bond donors (Lipinski definition) is 2. The van der Waals surface area contributed by atoms with Crippen LogP contribution in [0.3, 0.4) is 0 Å². The second-order valence-corrected chi connectivity index (χ2v) is 5.27. The van der Waals surface area contributed by atoms with E-state index in [0.29, 0.717) is 5.56 Å². The summed E-state index contributed by atoms with van der Waals surface area (Å²) in [4.78, 5) is 14.3. The lowest BCUT2D eigenvalue weighted by molar-refractivity contribution is 0.102. The zero-order chi connectivity index (χ0) is 15.4. The maximum Gasteiger partial charge on any atom is 0.255 e. The Bertz CT molecular complexity index is 618. The average molecular weight is 283 g/mol. The van der Waals surface area contributed by atoms with Crippen LogP contribution in [0.1, 0.15) is 28.9 Å². The first kappa shape index (κ1) is 15.1. The minimum absolute atomic E-state index is 0.127. The van der Waals surface area contributed by atoms with Gasteiger partial charge >= 0.3 is 0 Å². The Labute approximate surface area is 125 Å². The summed E-state index contributed by atoms with van der Waals surface area (Å²) < 4.78 is 0. The molecule has 1 amide bonds. The first-order chi connectivity index (χ1) is 9.99. The first-order valence-electron chi connectivity index (χ1n) is 6.92. The highest BCUT2D eigenvalue weighted by atomic mass is 16.1. The van der Waals surface area contributed by atoms with Crippen molar-refractivity contribution in [3.8, 4) is 0 Å². The predicted octanol–water partition coefficient (Wildman–Crippen LogP) is 3.02. The molecule has 21 heavy (non-hydrogen) atoms. The predicted molar refractivity (Wildman–Crippen MR) is 87.8 cm³/mol. The fourth-order valence-electron chi connectivity index (χ4n) is 2.11. The molecule has 0 aliphatic heterocycles. The molecule has 3 N–H and O–H groups in total. The summed E-state index contributed by atoms with van der Waals surface area (Å²) in [7, 11) is 3.93. The molecule has 4 heteroatoms. The van der Waals surface area contributed by atoms with Crippen LogP contribution < -0.4 is 16.0 Å². The Morgan fingerprint density at radius 3 is 2.29 bits per heavy atom. The van der Waals surface area contributed by atoms with E-state index in [9.17, 15) is 4.79 Å². The van der Waals surface area contributed by atoms with Gasteiger partial charge in [-0.05, 0) is 42.8 Å². The summed E-state index contributed by atoms with van der Waals surface area (Å²) in [5, 5.41) is 2.92. The van der Waals surface area contributed by atoms with E-state index in [4.69, 9.17) is 5.73 Å². The largest absolute Gasteiger partial charge is 0.378 e. The van der Waals surface area contributed by atoms with Crippen LogP contribution >= 0.6 is 0 Å². The Kier molecular flexibility index (Phi) is 4.60. The van der Waals surface area contributed by atoms with Crippen molar-refractivity contribution >= 4 is 17.3 Å². The van der Waals surface area contributed by atoms with Crippen LogP contribution in [0.5, 0.6) is 0 Å². The van der Waals surface area contributed by atoms with Gasteiger partial charge in [0, 0.05) is 37.1 Å². The molecule has 0 saturated carbocycles. The molecule has 0 heterocycles. The number of benzene rings is 2. The molecule has 0 bridgehead atoms. The van der Waals surface area contributed by atoms with E-state index in [1.165, 1.54) is 0 Å². The van der Waals surface area contributed by atoms with Gasteiger partial charge < -0.3 is 16.0 Å². The van der Waals surface area contributed by atoms with Crippen LogP contribution in [-0.4, -0.2) is 20.0 Å². The molecular weight excluding hydrogens is 262 g/mol. The van der Waals surface area contributed by atoms with Gasteiger partial charge in [-0.2, -0.15) is 0 Å². The molecule has 0 aromatic heterocycles. The van der Waals surface area contributed by atoms with Crippen molar-refractivity contribution in [1.82, 2.24) is 0 Å². The smallest absolute Gasteiger partial charge is 0.255 e. The zero-order valence-electron chi connectivity index (χ0n) is 12.6. The fraction of sp³-hybridized carbons (Fsp3) is 0.235. The van der Waals surface area contributed by atoms with Gasteiger partial charge in [-0.25, -0.2) is 0 Å². The monoisotopic (exact) mass is 283 g/mol. The minimum Gasteiger partial charge on any atom is -0.378 e. The van der Waals surface area contributed by atoms with E-state index < -0.39 is 0 Å². The number of nitrogens with zero attached hydrogens (tertiary/aromatic N) is 1. The van der Waals surface area contributed by atoms with Crippen molar-refractivity contribution in [2.24, 2.45) is 5.73 Å². The highest BCUT2D eigenvalue weighted by Gasteiger charge is 2.11. The van der Waals surface area contributed by atoms with Gasteiger partial charge in [0.25, 0.3) is 5.91 Å². The summed E-state index contributed by atoms with van der Waals surface area (Å²) in [5.41, 5.74) is 9.29. The lowest BCUT2D eigenvalue weighted by atomic mass is 10.1. The minimum atomic E-state index is -0.131. The Hall–Kier alpha value is -2.33. The van der Waals surface area contributed by atoms with Gasteiger partial charge in [0.2, 0.25) is 0 Å². The molecule has 0 radical (unpaired) electrons. The number of carbonyl (C=O) groups excluding carboxylic acids is 1. The van der Waals surface area contributed by atoms with Crippen LogP contribution in [0, 0.1) is 0 Å². The van der Waals surface area contributed by atoms with Gasteiger partial charge in [-0.1, -0.05) is 18.2 Å². The average Bonchev–Trinajstić information content (AvgIpc) is 2.47. The van der Waals surface area contributed by atoms with Gasteiger partial charge in [0.15, 0.2) is 0 Å². The maximum atomic E-state index is 12.3. The van der Waals surface area contributed by atoms with Crippen molar-refractivity contribution in [2.45, 2.75) is 13.0 Å². The number of rotatable bonds is 4. The fourth-order valence-corrected chi connectivity index (χ4v) is 2.11. The van der Waals surface area contributed by atoms with Gasteiger partial charge in [0.1, 0.15) is 0 Å². The third-order valence-corrected chi connectivity index (χ3v) is 3.35. The molecule has 4 nitrogen and oxygen atoms in total. The molecule has 2 aromatic carbocycles. The Morgan fingerprint density at radius 1 is 1.10 bits per heavy atom. The SMILES string of the molecule is CC(N)c1ccccc1NC(=O)c1ccc(N(C)C)cc1. The highest BCUT2D eigenvalue weighted by molar-refractivity contribution is 6.04. The molecular formula is C17H21N3O. The molecule has 0 fully saturated rings. The van der Waals surface area contributed by atoms with Crippen molar-refractivity contribution < 1.29 is 4.79 Å². The highest BCUT2D eigenvalue weighted by Crippen LogP contribution is 2.22. The standard InChI is InChI=1S/C17H21N3O/c1-12(18)15-6-4-5-7-16(15)19-17(21)13-8-10-14(11-9-13)20(2)3/h4-12H,18H2,1-3H3,(H,19,21). The van der Waals surface area contributed by atoms with Crippen molar-refractivity contribution in [3.63, 3.8) is 0 Å². The molecule has 0 aliphatic carbocycles. The molecule has 0 spiro atoms. The second kappa shape index (κ2) is 6.41. The molecule has 2 rings (SSSR count). The van der Waals surface area contributed by atoms with E-state index in [1.807, 2.05) is 74.4 Å². The number of para-hydroxylation sites is 1. The van der Waals surface area contributed by atoms with Crippen molar-refractivity contribution in [1.29, 1.82) is 0 Å². The number of carbonyl (C=O) groups is 1. The van der Waals surface area contributed by atoms with E-state index in [0.717, 1.165) is 16.9 Å². The van der Waals surface area contributed by atoms with E-state index in [2.05, 4.69) is 5.32 Å². The molecule has 1 atom stereocenters. The Balaban J connectivity index is 2.18. The summed E-state index contributed by atoms with van der Waals surface area (Å²) in [5.74, 6) is -0.131. The topological polar surface area (TPSA) is 58.4 Å². The third kappa shape index (κ3) is 3.61. The number of amides is 1. The number of anilines is 2. The number of nitrogens with two attached hydrogens (primary N) is 1. The maximum absolute atomic E-state index is 12.3. The van der Waals surface area contributed by atoms with E-state index in [1.54, 1.807) is 0 Å². The zero-order valence-corrected chi connectivity index (χ0v) is 12.6. The molecule has 0 saturated heterocycles. The van der Waals surface area contributed by atoms with E-state index >= 15 is 0 Å². The second-order valence-electron chi connectivity index (χ2n) is 5.27. The lowest BCUT2D eigenvalue weighted by Gasteiger charge is -2.15. The van der Waals surface area contributed by atoms with Gasteiger partial charge in [-0.15, -0.1) is 0 Å². The quantitative estimate of drug-likeness (QED) is 0.906. The van der Waals surface area contributed by atoms with Crippen LogP contribution in [0.15, 0.2) is 48.5 Å². The summed E-state index contributed by atoms with van der Waals surface area (Å²) in [6.45, 7) is 1.90. The summed E-state index contributed by atoms with van der Waals surface area (Å²) in [6.07, 6.45) is 0. The van der Waals surface area contributed by atoms with E-state index in [-0.39, 0.29) is 11.9 Å². The van der Waals surface area contributed by atoms with Gasteiger partial charge in [-0.3, -0.25) is 4.79 Å². The van der Waals surface area contributed by atoms with Crippen LogP contribution in [0.25, 0.3) is 0 Å². The van der Waals surface area contributed by atoms with Crippen molar-refractivity contribution in [3.05, 3.63) is 59.7 Å². The molecule has 110 valence electrons. The lowest BCUT2D eigenvalue weighted by Crippen LogP contribution is -2.16. The summed E-state index contributed by atoms with van der Waals surface area (Å²) >= 11 is 0. The van der Waals surface area contributed by atoms with Crippen LogP contribution in [0.4, 0.5) is 11.4 Å². The number of nitrogens with one attached hydrogen (secondary N) is 1. The Morgan fingerprint density at radius 2 is 1.71 bits per heavy atom. The third-order valence-electron chi connectivity index (χ3n) is 3.35. The van der Waals surface area contributed by atoms with Crippen molar-refractivity contribution in [2.75, 3.05) is 24.3 Å². The first-order valence-corrected chi connectivity index (χ1v) is 6.92. The molecule has 1 unspecified atom stereocenters. The number of hydrogen-bond acceptors (Lipinski definition) is 3. The van der Waals surface area contributed by atoms with Gasteiger partial charge in [0.05, 0.1) is 0 Å².